The Labute approximate surface area is 186 Å². The Balaban J connectivity index is 1.70. The normalized spacial score (nSPS) is 10.9. The second-order valence-electron chi connectivity index (χ2n) is 7.61. The fraction of sp³-hybridized carbons (Fsp3) is 0.462. The predicted octanol–water partition coefficient (Wildman–Crippen LogP) is 6.37. The van der Waals surface area contributed by atoms with Crippen molar-refractivity contribution >= 4 is 12.1 Å². The summed E-state index contributed by atoms with van der Waals surface area (Å²) in [6.07, 6.45) is 11.1. The summed E-state index contributed by atoms with van der Waals surface area (Å²) in [6.45, 7) is 5.83. The maximum Gasteiger partial charge on any atom is 0.271 e. The van der Waals surface area contributed by atoms with Gasteiger partial charge >= 0.3 is 0 Å². The highest BCUT2D eigenvalue weighted by Crippen LogP contribution is 2.14. The third-order valence-corrected chi connectivity index (χ3v) is 4.91. The van der Waals surface area contributed by atoms with Crippen molar-refractivity contribution in [2.24, 2.45) is 5.10 Å². The van der Waals surface area contributed by atoms with Crippen molar-refractivity contribution in [3.8, 4) is 11.5 Å². The molecule has 0 aliphatic rings. The fourth-order valence-electron chi connectivity index (χ4n) is 3.02. The van der Waals surface area contributed by atoms with E-state index < -0.39 is 0 Å². The van der Waals surface area contributed by atoms with Crippen molar-refractivity contribution in [2.45, 2.75) is 65.2 Å². The summed E-state index contributed by atoms with van der Waals surface area (Å²) in [5.74, 6) is 1.38. The minimum Gasteiger partial charge on any atom is -0.494 e. The summed E-state index contributed by atoms with van der Waals surface area (Å²) < 4.78 is 11.4. The molecule has 0 aliphatic carbocycles. The summed E-state index contributed by atoms with van der Waals surface area (Å²) in [5, 5.41) is 4.05. The van der Waals surface area contributed by atoms with E-state index in [1.165, 1.54) is 38.5 Å². The molecule has 1 amide bonds. The molecule has 2 rings (SSSR count). The van der Waals surface area contributed by atoms with Gasteiger partial charge in [-0.25, -0.2) is 5.43 Å². The molecular formula is C26H36N2O3. The number of hydrazone groups is 1. The maximum absolute atomic E-state index is 12.2. The van der Waals surface area contributed by atoms with Gasteiger partial charge in [-0.05, 0) is 66.9 Å². The lowest BCUT2D eigenvalue weighted by Crippen LogP contribution is -2.17. The third kappa shape index (κ3) is 10.2. The highest BCUT2D eigenvalue weighted by molar-refractivity contribution is 5.95. The Kier molecular flexibility index (Phi) is 11.9. The second-order valence-corrected chi connectivity index (χ2v) is 7.61. The molecule has 2 aromatic carbocycles. The van der Waals surface area contributed by atoms with Crippen LogP contribution in [0, 0.1) is 0 Å². The predicted molar refractivity (Wildman–Crippen MR) is 127 cm³/mol. The van der Waals surface area contributed by atoms with Gasteiger partial charge in [0.05, 0.1) is 19.4 Å². The molecular weight excluding hydrogens is 388 g/mol. The number of hydrogen-bond acceptors (Lipinski definition) is 4. The number of carbonyl (C=O) groups is 1. The van der Waals surface area contributed by atoms with Gasteiger partial charge in [0, 0.05) is 5.56 Å². The van der Waals surface area contributed by atoms with E-state index in [-0.39, 0.29) is 5.91 Å². The second kappa shape index (κ2) is 15.1. The lowest BCUT2D eigenvalue weighted by Gasteiger charge is -2.07. The summed E-state index contributed by atoms with van der Waals surface area (Å²) in [6, 6.07) is 14.8. The summed E-state index contributed by atoms with van der Waals surface area (Å²) in [5.41, 5.74) is 4.00. The van der Waals surface area contributed by atoms with Crippen molar-refractivity contribution in [3.05, 3.63) is 59.7 Å². The Morgan fingerprint density at radius 3 is 1.90 bits per heavy atom. The van der Waals surface area contributed by atoms with Crippen LogP contribution in [0.15, 0.2) is 53.6 Å². The van der Waals surface area contributed by atoms with Crippen LogP contribution in [0.2, 0.25) is 0 Å². The van der Waals surface area contributed by atoms with E-state index in [0.29, 0.717) is 12.2 Å². The zero-order valence-corrected chi connectivity index (χ0v) is 18.9. The molecule has 0 unspecified atom stereocenters. The average molecular weight is 425 g/mol. The van der Waals surface area contributed by atoms with Crippen LogP contribution in [0.3, 0.4) is 0 Å². The maximum atomic E-state index is 12.2. The number of benzene rings is 2. The molecule has 5 nitrogen and oxygen atoms in total. The summed E-state index contributed by atoms with van der Waals surface area (Å²) >= 11 is 0. The molecule has 0 atom stereocenters. The van der Waals surface area contributed by atoms with Crippen LogP contribution in [0.4, 0.5) is 0 Å². The topological polar surface area (TPSA) is 59.9 Å². The van der Waals surface area contributed by atoms with Crippen LogP contribution in [-0.2, 0) is 0 Å². The van der Waals surface area contributed by atoms with Gasteiger partial charge in [-0.15, -0.1) is 0 Å². The number of carbonyl (C=O) groups excluding carboxylic acids is 1. The van der Waals surface area contributed by atoms with E-state index in [2.05, 4.69) is 24.4 Å². The van der Waals surface area contributed by atoms with Gasteiger partial charge in [-0.3, -0.25) is 4.79 Å². The summed E-state index contributed by atoms with van der Waals surface area (Å²) in [4.78, 5) is 12.2. The van der Waals surface area contributed by atoms with Crippen LogP contribution in [0.5, 0.6) is 11.5 Å². The molecule has 0 heterocycles. The highest BCUT2D eigenvalue weighted by atomic mass is 16.5. The molecule has 0 aromatic heterocycles. The lowest BCUT2D eigenvalue weighted by atomic mass is 10.2. The van der Waals surface area contributed by atoms with Crippen molar-refractivity contribution < 1.29 is 14.3 Å². The number of unbranched alkanes of at least 4 members (excludes halogenated alkanes) is 6. The molecule has 0 spiro atoms. The number of nitrogens with one attached hydrogen (secondary N) is 1. The number of nitrogens with zero attached hydrogens (tertiary/aromatic N) is 1. The van der Waals surface area contributed by atoms with Crippen LogP contribution in [-0.4, -0.2) is 25.3 Å². The molecule has 0 fully saturated rings. The largest absolute Gasteiger partial charge is 0.494 e. The van der Waals surface area contributed by atoms with Crippen molar-refractivity contribution in [1.29, 1.82) is 0 Å². The van der Waals surface area contributed by atoms with Gasteiger partial charge in [0.2, 0.25) is 0 Å². The average Bonchev–Trinajstić information content (AvgIpc) is 2.80. The quantitative estimate of drug-likeness (QED) is 0.205. The molecule has 0 bridgehead atoms. The molecule has 2 aromatic rings. The first-order chi connectivity index (χ1) is 15.2. The van der Waals surface area contributed by atoms with Crippen molar-refractivity contribution in [1.82, 2.24) is 5.43 Å². The Morgan fingerprint density at radius 1 is 0.774 bits per heavy atom. The van der Waals surface area contributed by atoms with Crippen LogP contribution in [0.1, 0.15) is 81.1 Å². The first kappa shape index (κ1) is 24.4. The number of ether oxygens (including phenoxy) is 2. The Bertz CT molecular complexity index is 770. The van der Waals surface area contributed by atoms with Crippen LogP contribution >= 0.6 is 0 Å². The SMILES string of the molecule is CCCCCCCOc1ccc(C(=O)NN=Cc2ccc(OCCCCC)cc2)cc1. The number of rotatable bonds is 15. The van der Waals surface area contributed by atoms with Gasteiger partial charge in [0.15, 0.2) is 0 Å². The van der Waals surface area contributed by atoms with Gasteiger partial charge < -0.3 is 9.47 Å². The molecule has 0 saturated heterocycles. The minimum absolute atomic E-state index is 0.252. The van der Waals surface area contributed by atoms with Gasteiger partial charge in [0.25, 0.3) is 5.91 Å². The van der Waals surface area contributed by atoms with Crippen LogP contribution in [0.25, 0.3) is 0 Å². The van der Waals surface area contributed by atoms with Gasteiger partial charge in [-0.1, -0.05) is 52.4 Å². The smallest absolute Gasteiger partial charge is 0.271 e. The molecule has 31 heavy (non-hydrogen) atoms. The Morgan fingerprint density at radius 2 is 1.29 bits per heavy atom. The highest BCUT2D eigenvalue weighted by Gasteiger charge is 2.04. The third-order valence-electron chi connectivity index (χ3n) is 4.91. The van der Waals surface area contributed by atoms with Gasteiger partial charge in [0.1, 0.15) is 11.5 Å². The standard InChI is InChI=1S/C26H36N2O3/c1-3-5-7-8-10-20-31-25-17-13-23(14-18-25)26(29)28-27-21-22-11-15-24(16-12-22)30-19-9-6-4-2/h11-18,21H,3-10,19-20H2,1-2H3,(H,28,29). The van der Waals surface area contributed by atoms with E-state index in [4.69, 9.17) is 9.47 Å². The van der Waals surface area contributed by atoms with E-state index in [0.717, 1.165) is 36.5 Å². The lowest BCUT2D eigenvalue weighted by molar-refractivity contribution is 0.0955. The van der Waals surface area contributed by atoms with Gasteiger partial charge in [-0.2, -0.15) is 5.10 Å². The van der Waals surface area contributed by atoms with E-state index in [1.54, 1.807) is 18.3 Å². The van der Waals surface area contributed by atoms with Crippen LogP contribution < -0.4 is 14.9 Å². The molecule has 0 radical (unpaired) electrons. The first-order valence-electron chi connectivity index (χ1n) is 11.5. The van der Waals surface area contributed by atoms with Crippen molar-refractivity contribution in [2.75, 3.05) is 13.2 Å². The Hall–Kier alpha value is -2.82. The number of amides is 1. The minimum atomic E-state index is -0.252. The monoisotopic (exact) mass is 424 g/mol. The molecule has 5 heteroatoms. The van der Waals surface area contributed by atoms with E-state index in [9.17, 15) is 4.79 Å². The van der Waals surface area contributed by atoms with E-state index in [1.807, 2.05) is 36.4 Å². The summed E-state index contributed by atoms with van der Waals surface area (Å²) in [7, 11) is 0. The molecule has 168 valence electrons. The zero-order chi connectivity index (χ0) is 22.2. The van der Waals surface area contributed by atoms with Crippen molar-refractivity contribution in [3.63, 3.8) is 0 Å². The zero-order valence-electron chi connectivity index (χ0n) is 18.9. The molecule has 0 saturated carbocycles. The first-order valence-corrected chi connectivity index (χ1v) is 11.5. The molecule has 1 N–H and O–H groups in total. The van der Waals surface area contributed by atoms with E-state index >= 15 is 0 Å². The molecule has 0 aliphatic heterocycles. The fourth-order valence-corrected chi connectivity index (χ4v) is 3.02. The number of hydrogen-bond donors (Lipinski definition) is 1.